The molecule has 5 nitrogen and oxygen atoms in total. The monoisotopic (exact) mass is 509 g/mol. The molecule has 184 valence electrons. The SMILES string of the molecule is CCOC(=O)c1cc(N2C(=O)[C@@H]3[C@H](C2=O)[C@H]2C=C[C@H]3C2=C(c2ccccc2)c2ccccc2)ccc1Cl. The lowest BCUT2D eigenvalue weighted by molar-refractivity contribution is -0.122. The number of allylic oxidation sites excluding steroid dienone is 3. The van der Waals surface area contributed by atoms with Crippen LogP contribution in [-0.4, -0.2) is 24.4 Å². The van der Waals surface area contributed by atoms with Crippen LogP contribution in [0.3, 0.4) is 0 Å². The molecule has 37 heavy (non-hydrogen) atoms. The number of hydrogen-bond donors (Lipinski definition) is 0. The average Bonchev–Trinajstić information content (AvgIpc) is 3.55. The highest BCUT2D eigenvalue weighted by Crippen LogP contribution is 2.58. The molecule has 1 saturated heterocycles. The Morgan fingerprint density at radius 1 is 0.838 bits per heavy atom. The lowest BCUT2D eigenvalue weighted by atomic mass is 9.85. The maximum atomic E-state index is 13.8. The van der Waals surface area contributed by atoms with Gasteiger partial charge in [0.1, 0.15) is 0 Å². The summed E-state index contributed by atoms with van der Waals surface area (Å²) in [5.74, 6) is -2.41. The highest BCUT2D eigenvalue weighted by Gasteiger charge is 2.62. The topological polar surface area (TPSA) is 63.7 Å². The maximum Gasteiger partial charge on any atom is 0.339 e. The highest BCUT2D eigenvalue weighted by atomic mass is 35.5. The Labute approximate surface area is 220 Å². The fourth-order valence-electron chi connectivity index (χ4n) is 6.08. The predicted molar refractivity (Wildman–Crippen MR) is 142 cm³/mol. The number of hydrogen-bond acceptors (Lipinski definition) is 4. The van der Waals surface area contributed by atoms with Crippen molar-refractivity contribution in [3.05, 3.63) is 118 Å². The van der Waals surface area contributed by atoms with Gasteiger partial charge in [-0.3, -0.25) is 9.59 Å². The Kier molecular flexibility index (Phi) is 5.81. The van der Waals surface area contributed by atoms with Crippen molar-refractivity contribution in [1.82, 2.24) is 0 Å². The van der Waals surface area contributed by atoms with Crippen molar-refractivity contribution in [2.45, 2.75) is 6.92 Å². The van der Waals surface area contributed by atoms with Crippen LogP contribution >= 0.6 is 11.6 Å². The number of halogens is 1. The molecule has 1 heterocycles. The number of rotatable bonds is 5. The molecular weight excluding hydrogens is 486 g/mol. The molecule has 1 aliphatic heterocycles. The summed E-state index contributed by atoms with van der Waals surface area (Å²) >= 11 is 6.22. The van der Waals surface area contributed by atoms with Gasteiger partial charge in [-0.25, -0.2) is 9.69 Å². The third kappa shape index (κ3) is 3.65. The molecule has 1 saturated carbocycles. The fourth-order valence-corrected chi connectivity index (χ4v) is 6.27. The van der Waals surface area contributed by atoms with Gasteiger partial charge in [0.05, 0.1) is 34.7 Å². The second-order valence-electron chi connectivity index (χ2n) is 9.45. The number of fused-ring (bicyclic) bond motifs is 5. The Bertz CT molecular complexity index is 1400. The number of nitrogens with zero attached hydrogens (tertiary/aromatic N) is 1. The third-order valence-electron chi connectivity index (χ3n) is 7.53. The molecule has 0 unspecified atom stereocenters. The molecule has 0 N–H and O–H groups in total. The van der Waals surface area contributed by atoms with E-state index in [1.165, 1.54) is 17.0 Å². The zero-order valence-corrected chi connectivity index (χ0v) is 20.9. The quantitative estimate of drug-likeness (QED) is 0.242. The number of carbonyl (C=O) groups excluding carboxylic acids is 3. The van der Waals surface area contributed by atoms with E-state index in [9.17, 15) is 14.4 Å². The Morgan fingerprint density at radius 3 is 1.89 bits per heavy atom. The molecule has 4 atom stereocenters. The molecule has 6 heteroatoms. The number of ether oxygens (including phenoxy) is 1. The molecule has 3 aromatic carbocycles. The lowest BCUT2D eigenvalue weighted by Crippen LogP contribution is -2.33. The first-order chi connectivity index (χ1) is 18.0. The van der Waals surface area contributed by atoms with E-state index >= 15 is 0 Å². The number of benzene rings is 3. The second-order valence-corrected chi connectivity index (χ2v) is 9.85. The largest absolute Gasteiger partial charge is 0.462 e. The molecule has 0 spiro atoms. The van der Waals surface area contributed by atoms with E-state index in [1.54, 1.807) is 13.0 Å². The van der Waals surface area contributed by atoms with E-state index in [2.05, 4.69) is 36.4 Å². The Morgan fingerprint density at radius 2 is 1.38 bits per heavy atom. The van der Waals surface area contributed by atoms with Crippen LogP contribution in [0.25, 0.3) is 5.57 Å². The average molecular weight is 510 g/mol. The number of esters is 1. The summed E-state index contributed by atoms with van der Waals surface area (Å²) in [5, 5.41) is 0.212. The van der Waals surface area contributed by atoms with Gasteiger partial charge in [0.15, 0.2) is 0 Å². The first-order valence-electron chi connectivity index (χ1n) is 12.4. The van der Waals surface area contributed by atoms with Crippen LogP contribution in [-0.2, 0) is 14.3 Å². The van der Waals surface area contributed by atoms with Crippen LogP contribution in [0.15, 0.2) is 96.6 Å². The number of imide groups is 1. The van der Waals surface area contributed by atoms with E-state index in [0.717, 1.165) is 22.3 Å². The number of amides is 2. The maximum absolute atomic E-state index is 13.8. The first-order valence-corrected chi connectivity index (χ1v) is 12.8. The Balaban J connectivity index is 1.43. The zero-order valence-electron chi connectivity index (χ0n) is 20.1. The summed E-state index contributed by atoms with van der Waals surface area (Å²) in [6, 6.07) is 24.9. The molecule has 3 aromatic rings. The molecule has 0 radical (unpaired) electrons. The van der Waals surface area contributed by atoms with Gasteiger partial charge in [-0.2, -0.15) is 0 Å². The van der Waals surface area contributed by atoms with Gasteiger partial charge in [-0.15, -0.1) is 0 Å². The van der Waals surface area contributed by atoms with E-state index < -0.39 is 17.8 Å². The van der Waals surface area contributed by atoms with Crippen LogP contribution < -0.4 is 4.90 Å². The summed E-state index contributed by atoms with van der Waals surface area (Å²) in [7, 11) is 0. The van der Waals surface area contributed by atoms with Gasteiger partial charge in [0.2, 0.25) is 11.8 Å². The number of carbonyl (C=O) groups is 3. The van der Waals surface area contributed by atoms with Crippen molar-refractivity contribution in [2.24, 2.45) is 23.7 Å². The minimum Gasteiger partial charge on any atom is -0.462 e. The van der Waals surface area contributed by atoms with E-state index in [4.69, 9.17) is 16.3 Å². The standard InChI is InChI=1S/C31H24ClNO4/c1-2-37-31(36)23-17-20(13-16-24(23)32)33-29(34)27-21-14-15-22(28(27)30(33)35)26(21)25(18-9-5-3-6-10-18)19-11-7-4-8-12-19/h3-17,21-22,27-28H,2H2,1H3/t21-,22-,27-,28+/m0/s1. The molecule has 2 fully saturated rings. The highest BCUT2D eigenvalue weighted by molar-refractivity contribution is 6.34. The van der Waals surface area contributed by atoms with Gasteiger partial charge in [-0.05, 0) is 47.4 Å². The van der Waals surface area contributed by atoms with Crippen molar-refractivity contribution >= 4 is 40.6 Å². The van der Waals surface area contributed by atoms with Crippen LogP contribution in [0, 0.1) is 23.7 Å². The molecule has 2 aliphatic carbocycles. The van der Waals surface area contributed by atoms with Gasteiger partial charge >= 0.3 is 5.97 Å². The third-order valence-corrected chi connectivity index (χ3v) is 7.86. The second kappa shape index (κ2) is 9.16. The normalized spacial score (nSPS) is 23.5. The van der Waals surface area contributed by atoms with Gasteiger partial charge in [0, 0.05) is 11.8 Å². The van der Waals surface area contributed by atoms with E-state index in [0.29, 0.717) is 5.69 Å². The zero-order chi connectivity index (χ0) is 25.7. The minimum atomic E-state index is -0.587. The molecule has 2 amide bonds. The molecular formula is C31H24ClNO4. The van der Waals surface area contributed by atoms with Crippen LogP contribution in [0.2, 0.25) is 5.02 Å². The van der Waals surface area contributed by atoms with Crippen molar-refractivity contribution in [3.63, 3.8) is 0 Å². The van der Waals surface area contributed by atoms with Crippen molar-refractivity contribution in [1.29, 1.82) is 0 Å². The first kappa shape index (κ1) is 23.4. The summed E-state index contributed by atoms with van der Waals surface area (Å²) in [4.78, 5) is 41.2. The van der Waals surface area contributed by atoms with Crippen molar-refractivity contribution in [2.75, 3.05) is 11.5 Å². The van der Waals surface area contributed by atoms with Gasteiger partial charge in [0.25, 0.3) is 0 Å². The molecule has 0 aromatic heterocycles. The van der Waals surface area contributed by atoms with Crippen molar-refractivity contribution < 1.29 is 19.1 Å². The van der Waals surface area contributed by atoms with Crippen LogP contribution in [0.1, 0.15) is 28.4 Å². The Hall–Kier alpha value is -3.96. The summed E-state index contributed by atoms with van der Waals surface area (Å²) in [6.07, 6.45) is 4.15. The molecule has 2 bridgehead atoms. The molecule has 3 aliphatic rings. The van der Waals surface area contributed by atoms with E-state index in [-0.39, 0.29) is 40.8 Å². The summed E-state index contributed by atoms with van der Waals surface area (Å²) in [5.41, 5.74) is 4.81. The molecule has 6 rings (SSSR count). The van der Waals surface area contributed by atoms with Gasteiger partial charge < -0.3 is 4.74 Å². The minimum absolute atomic E-state index is 0.135. The van der Waals surface area contributed by atoms with Crippen LogP contribution in [0.4, 0.5) is 5.69 Å². The number of anilines is 1. The summed E-state index contributed by atoms with van der Waals surface area (Å²) < 4.78 is 5.10. The smallest absolute Gasteiger partial charge is 0.339 e. The predicted octanol–water partition coefficient (Wildman–Crippen LogP) is 5.94. The summed E-state index contributed by atoms with van der Waals surface area (Å²) in [6.45, 7) is 1.90. The lowest BCUT2D eigenvalue weighted by Gasteiger charge is -2.22. The van der Waals surface area contributed by atoms with Crippen molar-refractivity contribution in [3.8, 4) is 0 Å². The van der Waals surface area contributed by atoms with Crippen LogP contribution in [0.5, 0.6) is 0 Å². The van der Waals surface area contributed by atoms with Gasteiger partial charge in [-0.1, -0.05) is 84.4 Å². The fraction of sp³-hybridized carbons (Fsp3) is 0.194. The van der Waals surface area contributed by atoms with E-state index in [1.807, 2.05) is 36.4 Å².